The number of amides is 1. The molecule has 0 spiro atoms. The Morgan fingerprint density at radius 2 is 2.29 bits per heavy atom. The van der Waals surface area contributed by atoms with Crippen molar-refractivity contribution in [2.45, 2.75) is 33.7 Å². The lowest BCUT2D eigenvalue weighted by Crippen LogP contribution is -2.35. The Kier molecular flexibility index (Phi) is 5.15. The van der Waals surface area contributed by atoms with Gasteiger partial charge in [0.2, 0.25) is 5.91 Å². The van der Waals surface area contributed by atoms with Gasteiger partial charge in [-0.3, -0.25) is 4.79 Å². The van der Waals surface area contributed by atoms with Crippen LogP contribution in [0.5, 0.6) is 0 Å². The van der Waals surface area contributed by atoms with E-state index in [-0.39, 0.29) is 11.8 Å². The van der Waals surface area contributed by atoms with Crippen LogP contribution in [0.1, 0.15) is 31.7 Å². The summed E-state index contributed by atoms with van der Waals surface area (Å²) in [5, 5.41) is 6.64. The van der Waals surface area contributed by atoms with Gasteiger partial charge in [-0.25, -0.2) is 0 Å². The molecule has 5 heteroatoms. The van der Waals surface area contributed by atoms with Gasteiger partial charge in [-0.15, -0.1) is 0 Å². The van der Waals surface area contributed by atoms with Crippen LogP contribution in [0, 0.1) is 18.8 Å². The van der Waals surface area contributed by atoms with E-state index < -0.39 is 0 Å². The highest BCUT2D eigenvalue weighted by molar-refractivity contribution is 5.78. The molecule has 0 saturated heterocycles. The van der Waals surface area contributed by atoms with Gasteiger partial charge in [0, 0.05) is 12.6 Å². The molecule has 0 aliphatic carbocycles. The number of nitrogens with one attached hydrogen (secondary N) is 1. The minimum atomic E-state index is -0.122. The molecule has 96 valence electrons. The van der Waals surface area contributed by atoms with E-state index in [0.29, 0.717) is 19.0 Å². The van der Waals surface area contributed by atoms with Gasteiger partial charge >= 0.3 is 0 Å². The molecule has 0 bridgehead atoms. The zero-order valence-electron chi connectivity index (χ0n) is 10.7. The molecule has 5 nitrogen and oxygen atoms in total. The quantitative estimate of drug-likeness (QED) is 0.782. The van der Waals surface area contributed by atoms with Crippen LogP contribution >= 0.6 is 0 Å². The molecular weight excluding hydrogens is 218 g/mol. The molecule has 1 aromatic heterocycles. The predicted octanol–water partition coefficient (Wildman–Crippen LogP) is 1.22. The first-order valence-electron chi connectivity index (χ1n) is 5.93. The monoisotopic (exact) mass is 239 g/mol. The van der Waals surface area contributed by atoms with Crippen LogP contribution in [0.2, 0.25) is 0 Å². The number of carbonyl (C=O) groups is 1. The molecule has 0 fully saturated rings. The molecule has 0 radical (unpaired) electrons. The number of aromatic nitrogens is 1. The van der Waals surface area contributed by atoms with Crippen molar-refractivity contribution in [1.82, 2.24) is 10.5 Å². The molecule has 1 heterocycles. The van der Waals surface area contributed by atoms with Crippen LogP contribution in [0.4, 0.5) is 0 Å². The van der Waals surface area contributed by atoms with E-state index in [1.54, 1.807) is 6.07 Å². The third kappa shape index (κ3) is 4.56. The number of nitrogens with two attached hydrogens (primary N) is 1. The Labute approximate surface area is 102 Å². The van der Waals surface area contributed by atoms with Crippen LogP contribution in [0.25, 0.3) is 0 Å². The van der Waals surface area contributed by atoms with Crippen LogP contribution < -0.4 is 11.1 Å². The molecule has 0 aromatic carbocycles. The van der Waals surface area contributed by atoms with Gasteiger partial charge in [0.15, 0.2) is 0 Å². The fourth-order valence-corrected chi connectivity index (χ4v) is 1.70. The summed E-state index contributed by atoms with van der Waals surface area (Å²) in [5.74, 6) is 1.07. The van der Waals surface area contributed by atoms with Crippen LogP contribution in [-0.2, 0) is 11.3 Å². The van der Waals surface area contributed by atoms with Gasteiger partial charge in [0.1, 0.15) is 11.5 Å². The average Bonchev–Trinajstić information content (AvgIpc) is 2.68. The minimum Gasteiger partial charge on any atom is -0.361 e. The van der Waals surface area contributed by atoms with Gasteiger partial charge in [0.05, 0.1) is 12.5 Å². The molecule has 17 heavy (non-hydrogen) atoms. The normalized spacial score (nSPS) is 12.8. The fraction of sp³-hybridized carbons (Fsp3) is 0.667. The summed E-state index contributed by atoms with van der Waals surface area (Å²) in [6.45, 7) is 6.75. The third-order valence-electron chi connectivity index (χ3n) is 2.53. The number of nitrogens with zero attached hydrogens (tertiary/aromatic N) is 1. The SMILES string of the molecule is Cc1cc(CNC(=O)C(CN)CC(C)C)no1. The van der Waals surface area contributed by atoms with Crippen LogP contribution in [0.15, 0.2) is 10.6 Å². The highest BCUT2D eigenvalue weighted by Crippen LogP contribution is 2.11. The molecule has 1 rings (SSSR count). The minimum absolute atomic E-state index is 0.0122. The molecule has 0 aliphatic heterocycles. The standard InChI is InChI=1S/C12H21N3O2/c1-8(2)4-10(6-13)12(16)14-7-11-5-9(3)17-15-11/h5,8,10H,4,6-7,13H2,1-3H3,(H,14,16). The predicted molar refractivity (Wildman–Crippen MR) is 65.1 cm³/mol. The number of rotatable bonds is 6. The molecule has 0 saturated carbocycles. The van der Waals surface area contributed by atoms with Crippen molar-refractivity contribution in [1.29, 1.82) is 0 Å². The zero-order valence-corrected chi connectivity index (χ0v) is 10.7. The molecule has 1 unspecified atom stereocenters. The lowest BCUT2D eigenvalue weighted by atomic mass is 9.96. The Bertz CT molecular complexity index is 360. The summed E-state index contributed by atoms with van der Waals surface area (Å²) < 4.78 is 4.92. The summed E-state index contributed by atoms with van der Waals surface area (Å²) in [5.41, 5.74) is 6.33. The van der Waals surface area contributed by atoms with E-state index in [1.807, 2.05) is 6.92 Å². The fourth-order valence-electron chi connectivity index (χ4n) is 1.70. The maximum Gasteiger partial charge on any atom is 0.224 e. The Morgan fingerprint density at radius 1 is 1.59 bits per heavy atom. The Morgan fingerprint density at radius 3 is 2.76 bits per heavy atom. The number of aryl methyl sites for hydroxylation is 1. The van der Waals surface area contributed by atoms with Gasteiger partial charge in [0.25, 0.3) is 0 Å². The van der Waals surface area contributed by atoms with Gasteiger partial charge in [-0.05, 0) is 19.3 Å². The Hall–Kier alpha value is -1.36. The molecule has 0 aliphatic rings. The zero-order chi connectivity index (χ0) is 12.8. The largest absolute Gasteiger partial charge is 0.361 e. The summed E-state index contributed by atoms with van der Waals surface area (Å²) >= 11 is 0. The average molecular weight is 239 g/mol. The number of hydrogen-bond acceptors (Lipinski definition) is 4. The number of carbonyl (C=O) groups excluding carboxylic acids is 1. The first-order valence-corrected chi connectivity index (χ1v) is 5.93. The second-order valence-corrected chi connectivity index (χ2v) is 4.71. The maximum atomic E-state index is 11.8. The summed E-state index contributed by atoms with van der Waals surface area (Å²) in [6, 6.07) is 1.81. The van der Waals surface area contributed by atoms with Crippen molar-refractivity contribution in [3.8, 4) is 0 Å². The molecule has 3 N–H and O–H groups in total. The molecule has 1 atom stereocenters. The van der Waals surface area contributed by atoms with E-state index in [1.165, 1.54) is 0 Å². The first kappa shape index (κ1) is 13.7. The van der Waals surface area contributed by atoms with Crippen molar-refractivity contribution in [2.75, 3.05) is 6.54 Å². The highest BCUT2D eigenvalue weighted by Gasteiger charge is 2.18. The Balaban J connectivity index is 2.42. The van der Waals surface area contributed by atoms with Crippen molar-refractivity contribution < 1.29 is 9.32 Å². The third-order valence-corrected chi connectivity index (χ3v) is 2.53. The highest BCUT2D eigenvalue weighted by atomic mass is 16.5. The van der Waals surface area contributed by atoms with Crippen molar-refractivity contribution in [3.63, 3.8) is 0 Å². The van der Waals surface area contributed by atoms with Crippen LogP contribution in [0.3, 0.4) is 0 Å². The second kappa shape index (κ2) is 6.39. The second-order valence-electron chi connectivity index (χ2n) is 4.71. The van der Waals surface area contributed by atoms with E-state index in [0.717, 1.165) is 17.9 Å². The van der Waals surface area contributed by atoms with Crippen LogP contribution in [-0.4, -0.2) is 17.6 Å². The molecule has 1 amide bonds. The first-order chi connectivity index (χ1) is 8.02. The smallest absolute Gasteiger partial charge is 0.224 e. The van der Waals surface area contributed by atoms with E-state index >= 15 is 0 Å². The molecule has 1 aromatic rings. The van der Waals surface area contributed by atoms with E-state index in [4.69, 9.17) is 10.3 Å². The topological polar surface area (TPSA) is 81.2 Å². The number of hydrogen-bond donors (Lipinski definition) is 2. The molecular formula is C12H21N3O2. The van der Waals surface area contributed by atoms with Gasteiger partial charge in [-0.1, -0.05) is 19.0 Å². The summed E-state index contributed by atoms with van der Waals surface area (Å²) in [4.78, 5) is 11.8. The van der Waals surface area contributed by atoms with Crippen molar-refractivity contribution in [2.24, 2.45) is 17.6 Å². The summed E-state index contributed by atoms with van der Waals surface area (Å²) in [6.07, 6.45) is 0.806. The van der Waals surface area contributed by atoms with E-state index in [9.17, 15) is 4.79 Å². The maximum absolute atomic E-state index is 11.8. The van der Waals surface area contributed by atoms with Gasteiger partial charge in [-0.2, -0.15) is 0 Å². The van der Waals surface area contributed by atoms with Gasteiger partial charge < -0.3 is 15.6 Å². The van der Waals surface area contributed by atoms with E-state index in [2.05, 4.69) is 24.3 Å². The van der Waals surface area contributed by atoms with Crippen molar-refractivity contribution >= 4 is 5.91 Å². The lowest BCUT2D eigenvalue weighted by molar-refractivity contribution is -0.125. The lowest BCUT2D eigenvalue weighted by Gasteiger charge is -2.16. The van der Waals surface area contributed by atoms with Crippen molar-refractivity contribution in [3.05, 3.63) is 17.5 Å². The summed E-state index contributed by atoms with van der Waals surface area (Å²) in [7, 11) is 0.